The summed E-state index contributed by atoms with van der Waals surface area (Å²) in [4.78, 5) is 50.6. The number of benzene rings is 1. The highest BCUT2D eigenvalue weighted by atomic mass is 16.6. The molecule has 1 aromatic rings. The standard InChI is InChI=1S/C48H66O8/c1-6-9-14-17-36-18-20-38(21-19-36)39-28-30-48(8-3,31-29-39)56-47(52)42-26-27-43(37(7-2)34-42)55-46(51)41-24-22-40(23-25-41)45(50)54-33-16-13-11-10-12-15-32-53-44(49)35(4)5/h2-3,26-27,34,36,38-41H,4,6,9-25,28-33H2,1,5H3. The van der Waals surface area contributed by atoms with Gasteiger partial charge in [-0.15, -0.1) is 12.8 Å². The van der Waals surface area contributed by atoms with Crippen molar-refractivity contribution < 1.29 is 38.1 Å². The van der Waals surface area contributed by atoms with Crippen LogP contribution in [0.3, 0.4) is 0 Å². The minimum atomic E-state index is -0.927. The first-order chi connectivity index (χ1) is 27.1. The topological polar surface area (TPSA) is 105 Å². The Morgan fingerprint density at radius 1 is 0.750 bits per heavy atom. The highest BCUT2D eigenvalue weighted by Gasteiger charge is 2.40. The van der Waals surface area contributed by atoms with Crippen molar-refractivity contribution in [2.75, 3.05) is 13.2 Å². The van der Waals surface area contributed by atoms with Crippen molar-refractivity contribution in [1.29, 1.82) is 0 Å². The number of hydrogen-bond acceptors (Lipinski definition) is 8. The molecular formula is C48H66O8. The van der Waals surface area contributed by atoms with Crippen LogP contribution in [-0.2, 0) is 28.6 Å². The Bertz CT molecular complexity index is 1540. The third kappa shape index (κ3) is 13.9. The van der Waals surface area contributed by atoms with Gasteiger partial charge >= 0.3 is 23.9 Å². The van der Waals surface area contributed by atoms with E-state index in [-0.39, 0.29) is 40.7 Å². The zero-order valence-corrected chi connectivity index (χ0v) is 34.2. The predicted octanol–water partition coefficient (Wildman–Crippen LogP) is 10.5. The molecule has 3 fully saturated rings. The van der Waals surface area contributed by atoms with Crippen molar-refractivity contribution in [3.8, 4) is 30.4 Å². The van der Waals surface area contributed by atoms with Gasteiger partial charge in [-0.3, -0.25) is 9.59 Å². The van der Waals surface area contributed by atoms with Crippen LogP contribution in [0.2, 0.25) is 0 Å². The maximum Gasteiger partial charge on any atom is 0.339 e. The SMILES string of the molecule is C#Cc1cc(C(=O)OC2(C#C)CCC(C3CCC(CCCCC)CC3)CC2)ccc1OC(=O)C1CCC(C(=O)OCCCCCCCCOC(=O)C(=C)C)CC1. The minimum Gasteiger partial charge on any atom is -0.465 e. The summed E-state index contributed by atoms with van der Waals surface area (Å²) in [5.41, 5.74) is 0.0468. The second-order valence-corrected chi connectivity index (χ2v) is 16.7. The maximum absolute atomic E-state index is 13.4. The summed E-state index contributed by atoms with van der Waals surface area (Å²) in [7, 11) is 0. The van der Waals surface area contributed by atoms with E-state index in [0.29, 0.717) is 63.2 Å². The summed E-state index contributed by atoms with van der Waals surface area (Å²) in [6.07, 6.45) is 33.5. The molecule has 4 rings (SSSR count). The first kappa shape index (κ1) is 44.7. The maximum atomic E-state index is 13.4. The molecule has 3 aliphatic carbocycles. The van der Waals surface area contributed by atoms with Gasteiger partial charge in [-0.1, -0.05) is 89.6 Å². The Kier molecular flexibility index (Phi) is 18.5. The van der Waals surface area contributed by atoms with Crippen LogP contribution < -0.4 is 4.74 Å². The molecule has 3 aliphatic rings. The molecule has 56 heavy (non-hydrogen) atoms. The predicted molar refractivity (Wildman–Crippen MR) is 218 cm³/mol. The van der Waals surface area contributed by atoms with Gasteiger partial charge in [0.25, 0.3) is 0 Å². The fourth-order valence-electron chi connectivity index (χ4n) is 8.83. The van der Waals surface area contributed by atoms with Crippen molar-refractivity contribution in [3.63, 3.8) is 0 Å². The molecule has 306 valence electrons. The van der Waals surface area contributed by atoms with Crippen LogP contribution in [-0.4, -0.2) is 42.7 Å². The molecule has 0 spiro atoms. The molecule has 0 bridgehead atoms. The smallest absolute Gasteiger partial charge is 0.339 e. The summed E-state index contributed by atoms with van der Waals surface area (Å²) in [6, 6.07) is 4.64. The average Bonchev–Trinajstić information content (AvgIpc) is 3.22. The van der Waals surface area contributed by atoms with Crippen LogP contribution in [0, 0.1) is 54.3 Å². The van der Waals surface area contributed by atoms with Gasteiger partial charge in [0.2, 0.25) is 0 Å². The van der Waals surface area contributed by atoms with Crippen molar-refractivity contribution >= 4 is 23.9 Å². The summed E-state index contributed by atoms with van der Waals surface area (Å²) >= 11 is 0. The largest absolute Gasteiger partial charge is 0.465 e. The van der Waals surface area contributed by atoms with E-state index in [1.165, 1.54) is 57.4 Å². The van der Waals surface area contributed by atoms with E-state index in [1.807, 2.05) is 0 Å². The molecule has 0 aliphatic heterocycles. The first-order valence-corrected chi connectivity index (χ1v) is 21.6. The molecule has 0 unspecified atom stereocenters. The Morgan fingerprint density at radius 2 is 1.34 bits per heavy atom. The molecule has 0 saturated heterocycles. The summed E-state index contributed by atoms with van der Waals surface area (Å²) in [6.45, 7) is 8.27. The fourth-order valence-corrected chi connectivity index (χ4v) is 8.83. The second-order valence-electron chi connectivity index (χ2n) is 16.7. The number of rotatable bonds is 20. The fraction of sp³-hybridized carbons (Fsp3) is 0.667. The van der Waals surface area contributed by atoms with Crippen LogP contribution in [0.25, 0.3) is 0 Å². The minimum absolute atomic E-state index is 0.205. The van der Waals surface area contributed by atoms with E-state index in [0.717, 1.165) is 63.2 Å². The molecule has 0 atom stereocenters. The van der Waals surface area contributed by atoms with E-state index >= 15 is 0 Å². The summed E-state index contributed by atoms with van der Waals surface area (Å²) in [5.74, 6) is 5.80. The molecule has 0 N–H and O–H groups in total. The van der Waals surface area contributed by atoms with Gasteiger partial charge in [0.1, 0.15) is 5.75 Å². The van der Waals surface area contributed by atoms with E-state index in [9.17, 15) is 19.2 Å². The lowest BCUT2D eigenvalue weighted by atomic mass is 9.67. The van der Waals surface area contributed by atoms with Gasteiger partial charge in [0.05, 0.1) is 36.2 Å². The number of carbonyl (C=O) groups excluding carboxylic acids is 4. The first-order valence-electron chi connectivity index (χ1n) is 21.6. The molecule has 0 amide bonds. The van der Waals surface area contributed by atoms with Gasteiger partial charge in [0.15, 0.2) is 5.60 Å². The summed E-state index contributed by atoms with van der Waals surface area (Å²) in [5, 5.41) is 0. The number of terminal acetylenes is 2. The summed E-state index contributed by atoms with van der Waals surface area (Å²) < 4.78 is 22.4. The lowest BCUT2D eigenvalue weighted by molar-refractivity contribution is -0.152. The van der Waals surface area contributed by atoms with E-state index in [1.54, 1.807) is 19.1 Å². The van der Waals surface area contributed by atoms with Crippen molar-refractivity contribution in [3.05, 3.63) is 41.5 Å². The Hall–Kier alpha value is -4.04. The number of unbranched alkanes of at least 4 members (excludes halogenated alkanes) is 7. The molecule has 0 heterocycles. The lowest BCUT2D eigenvalue weighted by Crippen LogP contribution is -2.39. The highest BCUT2D eigenvalue weighted by molar-refractivity contribution is 5.91. The van der Waals surface area contributed by atoms with E-state index in [4.69, 9.17) is 31.8 Å². The molecular weight excluding hydrogens is 705 g/mol. The van der Waals surface area contributed by atoms with Crippen molar-refractivity contribution in [2.24, 2.45) is 29.6 Å². The number of hydrogen-bond donors (Lipinski definition) is 0. The zero-order chi connectivity index (χ0) is 40.3. The third-order valence-electron chi connectivity index (χ3n) is 12.5. The number of ether oxygens (including phenoxy) is 4. The monoisotopic (exact) mass is 770 g/mol. The van der Waals surface area contributed by atoms with Crippen molar-refractivity contribution in [2.45, 2.75) is 161 Å². The Balaban J connectivity index is 1.14. The molecule has 0 radical (unpaired) electrons. The number of carbonyl (C=O) groups is 4. The van der Waals surface area contributed by atoms with Gasteiger partial charge in [-0.05, 0) is 120 Å². The molecule has 3 saturated carbocycles. The number of esters is 4. The Morgan fingerprint density at radius 3 is 1.93 bits per heavy atom. The molecule has 1 aromatic carbocycles. The van der Waals surface area contributed by atoms with Gasteiger partial charge in [0, 0.05) is 5.57 Å². The zero-order valence-electron chi connectivity index (χ0n) is 34.2. The highest BCUT2D eigenvalue weighted by Crippen LogP contribution is 2.44. The van der Waals surface area contributed by atoms with Crippen LogP contribution in [0.4, 0.5) is 0 Å². The van der Waals surface area contributed by atoms with E-state index in [2.05, 4.69) is 25.3 Å². The van der Waals surface area contributed by atoms with Crippen molar-refractivity contribution in [1.82, 2.24) is 0 Å². The van der Waals surface area contributed by atoms with Gasteiger partial charge < -0.3 is 18.9 Å². The van der Waals surface area contributed by atoms with Crippen LogP contribution in [0.5, 0.6) is 5.75 Å². The average molecular weight is 771 g/mol. The molecule has 8 heteroatoms. The molecule has 8 nitrogen and oxygen atoms in total. The second kappa shape index (κ2) is 23.3. The van der Waals surface area contributed by atoms with Gasteiger partial charge in [-0.25, -0.2) is 9.59 Å². The van der Waals surface area contributed by atoms with Gasteiger partial charge in [-0.2, -0.15) is 0 Å². The normalized spacial score (nSPS) is 24.8. The lowest BCUT2D eigenvalue weighted by Gasteiger charge is -2.41. The van der Waals surface area contributed by atoms with Crippen LogP contribution >= 0.6 is 0 Å². The quantitative estimate of drug-likeness (QED) is 0.0322. The Labute approximate surface area is 336 Å². The van der Waals surface area contributed by atoms with Crippen LogP contribution in [0.15, 0.2) is 30.4 Å². The van der Waals surface area contributed by atoms with E-state index < -0.39 is 17.5 Å². The van der Waals surface area contributed by atoms with Crippen LogP contribution in [0.1, 0.15) is 171 Å². The third-order valence-corrected chi connectivity index (χ3v) is 12.5. The molecule has 0 aromatic heterocycles.